The third-order valence-corrected chi connectivity index (χ3v) is 4.91. The number of carbonyl (C=O) groups is 1. The van der Waals surface area contributed by atoms with Crippen LogP contribution in [0, 0.1) is 0 Å². The molecule has 1 aliphatic rings. The van der Waals surface area contributed by atoms with Crippen molar-refractivity contribution in [3.05, 3.63) is 59.4 Å². The molecule has 0 bridgehead atoms. The predicted octanol–water partition coefficient (Wildman–Crippen LogP) is 4.30. The zero-order valence-corrected chi connectivity index (χ0v) is 15.2. The summed E-state index contributed by atoms with van der Waals surface area (Å²) in [6, 6.07) is 11.8. The van der Waals surface area contributed by atoms with Gasteiger partial charge in [0.15, 0.2) is 0 Å². The molecule has 0 N–H and O–H groups in total. The smallest absolute Gasteiger partial charge is 0.230 e. The number of rotatable bonds is 5. The highest BCUT2D eigenvalue weighted by Crippen LogP contribution is 2.28. The Hall–Kier alpha value is -2.07. The first kappa shape index (κ1) is 17.7. The molecule has 132 valence electrons. The molecule has 1 fully saturated rings. The van der Waals surface area contributed by atoms with E-state index in [0.29, 0.717) is 17.3 Å². The lowest BCUT2D eigenvalue weighted by Crippen LogP contribution is -2.46. The molecule has 4 nitrogen and oxygen atoms in total. The molecule has 0 aliphatic carbocycles. The monoisotopic (exact) mass is 358 g/mol. The summed E-state index contributed by atoms with van der Waals surface area (Å²) in [4.78, 5) is 18.9. The van der Waals surface area contributed by atoms with Crippen LogP contribution in [0.4, 0.5) is 0 Å². The molecule has 2 atom stereocenters. The van der Waals surface area contributed by atoms with E-state index in [9.17, 15) is 4.79 Å². The molecule has 2 unspecified atom stereocenters. The number of amides is 1. The molecule has 1 amide bonds. The Morgan fingerprint density at radius 3 is 2.88 bits per heavy atom. The zero-order valence-electron chi connectivity index (χ0n) is 14.4. The van der Waals surface area contributed by atoms with Gasteiger partial charge in [-0.3, -0.25) is 9.78 Å². The van der Waals surface area contributed by atoms with Crippen LogP contribution in [-0.4, -0.2) is 35.0 Å². The van der Waals surface area contributed by atoms with Crippen molar-refractivity contribution in [1.29, 1.82) is 0 Å². The number of aromatic nitrogens is 1. The Bertz CT molecular complexity index is 708. The number of likely N-dealkylation sites (tertiary alicyclic amines) is 1. The number of nitrogens with zero attached hydrogens (tertiary/aromatic N) is 2. The zero-order chi connectivity index (χ0) is 17.6. The van der Waals surface area contributed by atoms with E-state index >= 15 is 0 Å². The average Bonchev–Trinajstić information content (AvgIpc) is 2.65. The Morgan fingerprint density at radius 1 is 1.36 bits per heavy atom. The maximum Gasteiger partial charge on any atom is 0.230 e. The minimum atomic E-state index is -0.0931. The van der Waals surface area contributed by atoms with Gasteiger partial charge in [-0.2, -0.15) is 0 Å². The van der Waals surface area contributed by atoms with Gasteiger partial charge in [0.1, 0.15) is 16.9 Å². The van der Waals surface area contributed by atoms with E-state index in [1.807, 2.05) is 35.2 Å². The van der Waals surface area contributed by atoms with Crippen molar-refractivity contribution in [2.75, 3.05) is 13.1 Å². The van der Waals surface area contributed by atoms with E-state index in [0.717, 1.165) is 31.4 Å². The highest BCUT2D eigenvalue weighted by atomic mass is 35.5. The molecular formula is C20H23ClN2O2. The second-order valence-electron chi connectivity index (χ2n) is 6.34. The number of benzene rings is 1. The Balaban J connectivity index is 1.68. The van der Waals surface area contributed by atoms with Crippen molar-refractivity contribution in [3.8, 4) is 5.75 Å². The van der Waals surface area contributed by atoms with Crippen molar-refractivity contribution in [3.63, 3.8) is 0 Å². The van der Waals surface area contributed by atoms with Gasteiger partial charge in [0.2, 0.25) is 5.91 Å². The van der Waals surface area contributed by atoms with Crippen molar-refractivity contribution in [2.24, 2.45) is 0 Å². The van der Waals surface area contributed by atoms with Crippen LogP contribution in [0.25, 0.3) is 0 Å². The molecule has 1 saturated heterocycles. The summed E-state index contributed by atoms with van der Waals surface area (Å²) in [7, 11) is 0. The lowest BCUT2D eigenvalue weighted by Gasteiger charge is -2.35. The number of pyridine rings is 1. The first-order chi connectivity index (χ1) is 12.2. The van der Waals surface area contributed by atoms with E-state index in [1.54, 1.807) is 18.5 Å². The summed E-state index contributed by atoms with van der Waals surface area (Å²) < 4.78 is 6.02. The maximum absolute atomic E-state index is 13.0. The summed E-state index contributed by atoms with van der Waals surface area (Å²) in [5.41, 5.74) is 1.08. The van der Waals surface area contributed by atoms with E-state index in [1.165, 1.54) is 0 Å². The number of carbonyl (C=O) groups excluding carboxylic acids is 1. The molecule has 1 aromatic carbocycles. The second-order valence-corrected chi connectivity index (χ2v) is 6.75. The number of ether oxygens (including phenoxy) is 1. The van der Waals surface area contributed by atoms with E-state index in [-0.39, 0.29) is 17.9 Å². The van der Waals surface area contributed by atoms with Crippen molar-refractivity contribution in [2.45, 2.75) is 38.2 Å². The molecule has 0 radical (unpaired) electrons. The Labute approximate surface area is 153 Å². The minimum absolute atomic E-state index is 0.0362. The van der Waals surface area contributed by atoms with Gasteiger partial charge in [0.25, 0.3) is 0 Å². The fourth-order valence-electron chi connectivity index (χ4n) is 3.33. The average molecular weight is 359 g/mol. The second kappa shape index (κ2) is 8.34. The molecular weight excluding hydrogens is 336 g/mol. The number of halogens is 1. The highest BCUT2D eigenvalue weighted by molar-refractivity contribution is 6.31. The Kier molecular flexibility index (Phi) is 5.92. The third kappa shape index (κ3) is 4.31. The lowest BCUT2D eigenvalue weighted by molar-refractivity contribution is -0.135. The van der Waals surface area contributed by atoms with Gasteiger partial charge in [-0.15, -0.1) is 0 Å². The molecule has 25 heavy (non-hydrogen) atoms. The largest absolute Gasteiger partial charge is 0.487 e. The molecule has 2 aromatic rings. The SMILES string of the molecule is CCC(C(=O)N1CCCC(Oc2ccncc2Cl)C1)c1ccccc1. The molecule has 5 heteroatoms. The molecule has 2 heterocycles. The topological polar surface area (TPSA) is 42.4 Å². The van der Waals surface area contributed by atoms with Crippen LogP contribution in [0.15, 0.2) is 48.8 Å². The quantitative estimate of drug-likeness (QED) is 0.800. The summed E-state index contributed by atoms with van der Waals surface area (Å²) in [6.45, 7) is 3.44. The molecule has 1 aliphatic heterocycles. The number of piperidine rings is 1. The van der Waals surface area contributed by atoms with E-state index in [4.69, 9.17) is 16.3 Å². The summed E-state index contributed by atoms with van der Waals surface area (Å²) in [5, 5.41) is 0.502. The van der Waals surface area contributed by atoms with Crippen LogP contribution in [0.5, 0.6) is 5.75 Å². The van der Waals surface area contributed by atoms with Gasteiger partial charge in [-0.1, -0.05) is 48.9 Å². The van der Waals surface area contributed by atoms with Crippen molar-refractivity contribution in [1.82, 2.24) is 9.88 Å². The van der Waals surface area contributed by atoms with Gasteiger partial charge in [-0.25, -0.2) is 0 Å². The van der Waals surface area contributed by atoms with E-state index < -0.39 is 0 Å². The summed E-state index contributed by atoms with van der Waals surface area (Å²) in [5.74, 6) is 0.721. The third-order valence-electron chi connectivity index (χ3n) is 4.63. The van der Waals surface area contributed by atoms with Crippen LogP contribution in [-0.2, 0) is 4.79 Å². The van der Waals surface area contributed by atoms with Crippen LogP contribution >= 0.6 is 11.6 Å². The Morgan fingerprint density at radius 2 is 2.16 bits per heavy atom. The first-order valence-corrected chi connectivity index (χ1v) is 9.16. The maximum atomic E-state index is 13.0. The van der Waals surface area contributed by atoms with Gasteiger partial charge in [-0.05, 0) is 24.8 Å². The normalized spacial score (nSPS) is 18.6. The molecule has 0 spiro atoms. The first-order valence-electron chi connectivity index (χ1n) is 8.79. The van der Waals surface area contributed by atoms with Gasteiger partial charge >= 0.3 is 0 Å². The highest BCUT2D eigenvalue weighted by Gasteiger charge is 2.30. The summed E-state index contributed by atoms with van der Waals surface area (Å²) >= 11 is 6.13. The predicted molar refractivity (Wildman–Crippen MR) is 99.0 cm³/mol. The standard InChI is InChI=1S/C20H23ClN2O2/c1-2-17(15-7-4-3-5-8-15)20(24)23-12-6-9-16(14-23)25-19-10-11-22-13-18(19)21/h3-5,7-8,10-11,13,16-17H,2,6,9,12,14H2,1H3. The van der Waals surface area contributed by atoms with Gasteiger partial charge in [0, 0.05) is 25.0 Å². The lowest BCUT2D eigenvalue weighted by atomic mass is 9.94. The minimum Gasteiger partial charge on any atom is -0.487 e. The molecule has 0 saturated carbocycles. The van der Waals surface area contributed by atoms with Crippen LogP contribution in [0.3, 0.4) is 0 Å². The number of hydrogen-bond acceptors (Lipinski definition) is 3. The van der Waals surface area contributed by atoms with Crippen molar-refractivity contribution >= 4 is 17.5 Å². The number of hydrogen-bond donors (Lipinski definition) is 0. The fraction of sp³-hybridized carbons (Fsp3) is 0.400. The molecule has 1 aromatic heterocycles. The van der Waals surface area contributed by atoms with E-state index in [2.05, 4.69) is 11.9 Å². The van der Waals surface area contributed by atoms with Gasteiger partial charge < -0.3 is 9.64 Å². The van der Waals surface area contributed by atoms with Gasteiger partial charge in [0.05, 0.1) is 12.5 Å². The van der Waals surface area contributed by atoms with Crippen LogP contribution in [0.2, 0.25) is 5.02 Å². The summed E-state index contributed by atoms with van der Waals surface area (Å²) in [6.07, 6.45) is 5.85. The van der Waals surface area contributed by atoms with Crippen molar-refractivity contribution < 1.29 is 9.53 Å². The molecule has 3 rings (SSSR count). The fourth-order valence-corrected chi connectivity index (χ4v) is 3.49. The van der Waals surface area contributed by atoms with Crippen LogP contribution < -0.4 is 4.74 Å². The van der Waals surface area contributed by atoms with Crippen LogP contribution in [0.1, 0.15) is 37.7 Å².